The first-order valence-electron chi connectivity index (χ1n) is 7.66. The van der Waals surface area contributed by atoms with Crippen molar-refractivity contribution >= 4 is 44.8 Å². The van der Waals surface area contributed by atoms with Gasteiger partial charge in [0.05, 0.1) is 21.0 Å². The minimum Gasteiger partial charge on any atom is -0.325 e. The van der Waals surface area contributed by atoms with Crippen molar-refractivity contribution in [2.45, 2.75) is 24.4 Å². The summed E-state index contributed by atoms with van der Waals surface area (Å²) in [6.45, 7) is 2.20. The van der Waals surface area contributed by atoms with Crippen molar-refractivity contribution in [1.82, 2.24) is 4.90 Å². The quantitative estimate of drug-likeness (QED) is 0.757. The molecule has 1 amide bonds. The van der Waals surface area contributed by atoms with Crippen LogP contribution in [0.2, 0.25) is 10.0 Å². The van der Waals surface area contributed by atoms with Crippen LogP contribution in [0.25, 0.3) is 0 Å². The maximum absolute atomic E-state index is 12.4. The molecule has 0 saturated carbocycles. The number of primary sulfonamides is 1. The third-order valence-corrected chi connectivity index (χ3v) is 5.73. The molecule has 0 aromatic heterocycles. The minimum absolute atomic E-state index is 0.0173. The number of amides is 1. The molecule has 3 N–H and O–H groups in total. The number of benzene rings is 2. The summed E-state index contributed by atoms with van der Waals surface area (Å²) in [7, 11) is -1.97. The van der Waals surface area contributed by atoms with E-state index in [9.17, 15) is 13.2 Å². The van der Waals surface area contributed by atoms with Gasteiger partial charge in [0.2, 0.25) is 15.9 Å². The number of hydrogen-bond acceptors (Lipinski definition) is 4. The number of carbonyl (C=O) groups excluding carboxylic acids is 1. The molecule has 0 fully saturated rings. The molecule has 26 heavy (non-hydrogen) atoms. The van der Waals surface area contributed by atoms with Crippen LogP contribution in [0.5, 0.6) is 0 Å². The summed E-state index contributed by atoms with van der Waals surface area (Å²) in [4.78, 5) is 14.2. The maximum atomic E-state index is 12.4. The van der Waals surface area contributed by atoms with E-state index in [1.54, 1.807) is 26.1 Å². The van der Waals surface area contributed by atoms with E-state index in [2.05, 4.69) is 5.32 Å². The van der Waals surface area contributed by atoms with Crippen LogP contribution < -0.4 is 10.5 Å². The molecule has 0 aliphatic heterocycles. The molecule has 0 unspecified atom stereocenters. The zero-order valence-corrected chi connectivity index (χ0v) is 16.6. The number of carbonyl (C=O) groups is 1. The van der Waals surface area contributed by atoms with E-state index in [1.807, 2.05) is 11.0 Å². The molecule has 1 atom stereocenters. The van der Waals surface area contributed by atoms with Crippen molar-refractivity contribution in [2.24, 2.45) is 5.14 Å². The number of nitrogens with one attached hydrogen (secondary N) is 1. The second kappa shape index (κ2) is 8.37. The predicted molar refractivity (Wildman–Crippen MR) is 104 cm³/mol. The predicted octanol–water partition coefficient (Wildman–Crippen LogP) is 3.10. The van der Waals surface area contributed by atoms with Gasteiger partial charge < -0.3 is 5.32 Å². The van der Waals surface area contributed by atoms with E-state index >= 15 is 0 Å². The maximum Gasteiger partial charge on any atom is 0.241 e. The highest BCUT2D eigenvalue weighted by atomic mass is 35.5. The van der Waals surface area contributed by atoms with Gasteiger partial charge in [-0.1, -0.05) is 35.3 Å². The van der Waals surface area contributed by atoms with E-state index < -0.39 is 16.1 Å². The molecule has 0 heterocycles. The third kappa shape index (κ3) is 5.18. The SMILES string of the molecule is C[C@@H](C(=O)Nc1ccc(S(N)(=O)=O)cc1)N(C)Cc1cccc(Cl)c1Cl. The molecular weight excluding hydrogens is 397 g/mol. The molecule has 140 valence electrons. The van der Waals surface area contributed by atoms with Crippen molar-refractivity contribution in [3.05, 3.63) is 58.1 Å². The van der Waals surface area contributed by atoms with Crippen LogP contribution in [-0.4, -0.2) is 32.3 Å². The topological polar surface area (TPSA) is 92.5 Å². The van der Waals surface area contributed by atoms with E-state index in [-0.39, 0.29) is 10.8 Å². The Balaban J connectivity index is 2.03. The Bertz CT molecular complexity index is 902. The van der Waals surface area contributed by atoms with Gasteiger partial charge in [0.25, 0.3) is 0 Å². The van der Waals surface area contributed by atoms with E-state index in [0.29, 0.717) is 22.3 Å². The van der Waals surface area contributed by atoms with Gasteiger partial charge in [-0.2, -0.15) is 0 Å². The Morgan fingerprint density at radius 2 is 1.81 bits per heavy atom. The van der Waals surface area contributed by atoms with E-state index in [1.165, 1.54) is 24.3 Å². The van der Waals surface area contributed by atoms with Gasteiger partial charge in [0, 0.05) is 12.2 Å². The molecular formula is C17H19Cl2N3O3S. The summed E-state index contributed by atoms with van der Waals surface area (Å²) in [5.74, 6) is -0.242. The van der Waals surface area contributed by atoms with Crippen LogP contribution in [0, 0.1) is 0 Å². The van der Waals surface area contributed by atoms with E-state index in [0.717, 1.165) is 5.56 Å². The Morgan fingerprint density at radius 3 is 2.38 bits per heavy atom. The normalized spacial score (nSPS) is 12.8. The van der Waals surface area contributed by atoms with Crippen molar-refractivity contribution in [1.29, 1.82) is 0 Å². The van der Waals surface area contributed by atoms with Crippen molar-refractivity contribution < 1.29 is 13.2 Å². The van der Waals surface area contributed by atoms with Crippen LogP contribution in [0.15, 0.2) is 47.4 Å². The Hall–Kier alpha value is -1.64. The standard InChI is InChI=1S/C17H19Cl2N3O3S/c1-11(22(2)10-12-4-3-5-15(18)16(12)19)17(23)21-13-6-8-14(9-7-13)26(20,24)25/h3-9,11H,10H2,1-2H3,(H,21,23)(H2,20,24,25)/t11-/m0/s1. The molecule has 0 aliphatic carbocycles. The van der Waals surface area contributed by atoms with Crippen molar-refractivity contribution in [3.63, 3.8) is 0 Å². The fourth-order valence-electron chi connectivity index (χ4n) is 2.25. The van der Waals surface area contributed by atoms with Crippen LogP contribution in [-0.2, 0) is 21.4 Å². The smallest absolute Gasteiger partial charge is 0.241 e. The number of halogens is 2. The molecule has 2 aromatic rings. The highest BCUT2D eigenvalue weighted by molar-refractivity contribution is 7.89. The summed E-state index contributed by atoms with van der Waals surface area (Å²) in [6.07, 6.45) is 0. The summed E-state index contributed by atoms with van der Waals surface area (Å²) in [5.41, 5.74) is 1.29. The van der Waals surface area contributed by atoms with Crippen LogP contribution in [0.1, 0.15) is 12.5 Å². The first-order chi connectivity index (χ1) is 12.1. The first kappa shape index (κ1) is 20.7. The number of sulfonamides is 1. The molecule has 0 aliphatic rings. The largest absolute Gasteiger partial charge is 0.325 e. The molecule has 0 saturated heterocycles. The molecule has 2 aromatic carbocycles. The number of anilines is 1. The van der Waals surface area contributed by atoms with Crippen molar-refractivity contribution in [3.8, 4) is 0 Å². The lowest BCUT2D eigenvalue weighted by atomic mass is 10.2. The molecule has 9 heteroatoms. The van der Waals surface area contributed by atoms with E-state index in [4.69, 9.17) is 28.3 Å². The van der Waals surface area contributed by atoms with Gasteiger partial charge >= 0.3 is 0 Å². The molecule has 0 bridgehead atoms. The Kier molecular flexibility index (Phi) is 6.65. The second-order valence-electron chi connectivity index (χ2n) is 5.86. The average molecular weight is 416 g/mol. The highest BCUT2D eigenvalue weighted by Gasteiger charge is 2.19. The number of nitrogens with zero attached hydrogens (tertiary/aromatic N) is 1. The number of likely N-dealkylation sites (N-methyl/N-ethyl adjacent to an activating group) is 1. The van der Waals surface area contributed by atoms with Gasteiger partial charge in [-0.05, 0) is 49.9 Å². The minimum atomic E-state index is -3.76. The number of rotatable bonds is 6. The van der Waals surface area contributed by atoms with Gasteiger partial charge in [0.15, 0.2) is 0 Å². The van der Waals surface area contributed by atoms with Crippen LogP contribution >= 0.6 is 23.2 Å². The average Bonchev–Trinajstić information content (AvgIpc) is 2.57. The zero-order chi connectivity index (χ0) is 19.5. The van der Waals surface area contributed by atoms with Gasteiger partial charge in [0.1, 0.15) is 0 Å². The van der Waals surface area contributed by atoms with Crippen LogP contribution in [0.4, 0.5) is 5.69 Å². The summed E-state index contributed by atoms with van der Waals surface area (Å²) < 4.78 is 22.5. The monoisotopic (exact) mass is 415 g/mol. The highest BCUT2D eigenvalue weighted by Crippen LogP contribution is 2.26. The van der Waals surface area contributed by atoms with Gasteiger partial charge in [-0.15, -0.1) is 0 Å². The fourth-order valence-corrected chi connectivity index (χ4v) is 3.15. The lowest BCUT2D eigenvalue weighted by molar-refractivity contribution is -0.120. The Morgan fingerprint density at radius 1 is 1.19 bits per heavy atom. The molecule has 0 spiro atoms. The molecule has 0 radical (unpaired) electrons. The first-order valence-corrected chi connectivity index (χ1v) is 9.96. The number of nitrogens with two attached hydrogens (primary N) is 1. The van der Waals surface area contributed by atoms with Gasteiger partial charge in [-0.25, -0.2) is 13.6 Å². The zero-order valence-electron chi connectivity index (χ0n) is 14.2. The van der Waals surface area contributed by atoms with Crippen molar-refractivity contribution in [2.75, 3.05) is 12.4 Å². The lowest BCUT2D eigenvalue weighted by Gasteiger charge is -2.24. The third-order valence-electron chi connectivity index (χ3n) is 3.94. The molecule has 6 nitrogen and oxygen atoms in total. The van der Waals surface area contributed by atoms with Gasteiger partial charge in [-0.3, -0.25) is 9.69 Å². The lowest BCUT2D eigenvalue weighted by Crippen LogP contribution is -2.39. The van der Waals surface area contributed by atoms with Crippen LogP contribution in [0.3, 0.4) is 0 Å². The number of hydrogen-bond donors (Lipinski definition) is 2. The molecule has 2 rings (SSSR count). The Labute approximate surface area is 162 Å². The summed E-state index contributed by atoms with van der Waals surface area (Å²) >= 11 is 12.2. The second-order valence-corrected chi connectivity index (χ2v) is 8.21. The fraction of sp³-hybridized carbons (Fsp3) is 0.235. The summed E-state index contributed by atoms with van der Waals surface area (Å²) in [6, 6.07) is 10.5. The summed E-state index contributed by atoms with van der Waals surface area (Å²) in [5, 5.41) is 8.72.